The molecule has 1 unspecified atom stereocenters. The molecule has 1 aromatic rings. The molecule has 1 aliphatic heterocycles. The van der Waals surface area contributed by atoms with Crippen LogP contribution in [-0.4, -0.2) is 35.9 Å². The summed E-state index contributed by atoms with van der Waals surface area (Å²) in [6.07, 6.45) is 6.75. The first-order chi connectivity index (χ1) is 11.2. The summed E-state index contributed by atoms with van der Waals surface area (Å²) in [4.78, 5) is 2.16. The van der Waals surface area contributed by atoms with Crippen LogP contribution in [0.2, 0.25) is 0 Å². The average molecular weight is 335 g/mol. The molecule has 2 atom stereocenters. The van der Waals surface area contributed by atoms with E-state index in [1.165, 1.54) is 18.4 Å². The fraction of sp³-hybridized carbons (Fsp3) is 0.556. The number of ether oxygens (including phenoxy) is 2. The SMILES string of the molecule is COc1ccc(C2SC=CN2C[C@@H](C)O)cc1OC1CCCC1. The Morgan fingerprint density at radius 1 is 1.30 bits per heavy atom. The van der Waals surface area contributed by atoms with Gasteiger partial charge in [0.1, 0.15) is 5.37 Å². The molecule has 1 aliphatic carbocycles. The number of aliphatic hydroxyl groups is 1. The Morgan fingerprint density at radius 3 is 2.78 bits per heavy atom. The third kappa shape index (κ3) is 3.96. The zero-order valence-electron chi connectivity index (χ0n) is 13.8. The Bertz CT molecular complexity index is 555. The molecule has 3 rings (SSSR count). The molecule has 1 saturated carbocycles. The molecule has 126 valence electrons. The molecule has 0 aromatic heterocycles. The van der Waals surface area contributed by atoms with Crippen LogP contribution in [0.5, 0.6) is 11.5 Å². The molecule has 1 aromatic carbocycles. The first-order valence-electron chi connectivity index (χ1n) is 8.28. The first kappa shape index (κ1) is 16.5. The van der Waals surface area contributed by atoms with Crippen molar-refractivity contribution < 1.29 is 14.6 Å². The molecule has 0 amide bonds. The van der Waals surface area contributed by atoms with Crippen molar-refractivity contribution >= 4 is 11.8 Å². The molecule has 5 heteroatoms. The molecule has 0 spiro atoms. The van der Waals surface area contributed by atoms with Crippen molar-refractivity contribution in [3.63, 3.8) is 0 Å². The molecule has 0 saturated heterocycles. The van der Waals surface area contributed by atoms with Crippen molar-refractivity contribution in [2.24, 2.45) is 0 Å². The first-order valence-corrected chi connectivity index (χ1v) is 9.22. The molecule has 0 radical (unpaired) electrons. The van der Waals surface area contributed by atoms with Crippen molar-refractivity contribution in [1.82, 2.24) is 4.90 Å². The van der Waals surface area contributed by atoms with Gasteiger partial charge >= 0.3 is 0 Å². The number of rotatable bonds is 6. The maximum absolute atomic E-state index is 9.67. The molecular weight excluding hydrogens is 310 g/mol. The number of hydrogen-bond donors (Lipinski definition) is 1. The van der Waals surface area contributed by atoms with E-state index in [-0.39, 0.29) is 11.5 Å². The number of methoxy groups -OCH3 is 1. The Hall–Kier alpha value is -1.33. The Labute approximate surface area is 142 Å². The Kier molecular flexibility index (Phi) is 5.38. The van der Waals surface area contributed by atoms with Crippen LogP contribution in [0.1, 0.15) is 43.5 Å². The van der Waals surface area contributed by atoms with Crippen LogP contribution in [0, 0.1) is 0 Å². The van der Waals surface area contributed by atoms with Gasteiger partial charge in [0.05, 0.1) is 19.3 Å². The number of β-amino-alcohol motifs (C(OH)–C–C–N with tert-alkyl or cyclic N) is 1. The van der Waals surface area contributed by atoms with Crippen molar-refractivity contribution in [2.75, 3.05) is 13.7 Å². The predicted octanol–water partition coefficient (Wildman–Crippen LogP) is 3.92. The Morgan fingerprint density at radius 2 is 2.09 bits per heavy atom. The summed E-state index contributed by atoms with van der Waals surface area (Å²) in [6.45, 7) is 2.44. The van der Waals surface area contributed by atoms with Crippen LogP contribution < -0.4 is 9.47 Å². The van der Waals surface area contributed by atoms with Crippen molar-refractivity contribution in [3.8, 4) is 11.5 Å². The highest BCUT2D eigenvalue weighted by Gasteiger charge is 2.25. The lowest BCUT2D eigenvalue weighted by Gasteiger charge is -2.27. The largest absolute Gasteiger partial charge is 0.493 e. The van der Waals surface area contributed by atoms with Crippen LogP contribution >= 0.6 is 11.8 Å². The quantitative estimate of drug-likeness (QED) is 0.853. The molecule has 1 heterocycles. The molecule has 1 fully saturated rings. The van der Waals surface area contributed by atoms with Crippen LogP contribution in [0.3, 0.4) is 0 Å². The van der Waals surface area contributed by atoms with Gasteiger partial charge in [-0.1, -0.05) is 6.07 Å². The van der Waals surface area contributed by atoms with Gasteiger partial charge in [0, 0.05) is 12.7 Å². The molecule has 0 bridgehead atoms. The summed E-state index contributed by atoms with van der Waals surface area (Å²) in [6, 6.07) is 6.16. The highest BCUT2D eigenvalue weighted by Crippen LogP contribution is 2.42. The third-order valence-electron chi connectivity index (χ3n) is 4.30. The number of hydrogen-bond acceptors (Lipinski definition) is 5. The standard InChI is InChI=1S/C18H25NO3S/c1-13(20)12-19-9-10-23-18(19)14-7-8-16(21-2)17(11-14)22-15-5-3-4-6-15/h7-11,13,15,18,20H,3-6,12H2,1-2H3/t13-,18?/m1/s1. The zero-order chi connectivity index (χ0) is 16.2. The number of benzene rings is 1. The van der Waals surface area contributed by atoms with Crippen molar-refractivity contribution in [2.45, 2.75) is 50.2 Å². The van der Waals surface area contributed by atoms with Gasteiger partial charge in [-0.15, -0.1) is 11.8 Å². The lowest BCUT2D eigenvalue weighted by atomic mass is 10.1. The normalized spacial score (nSPS) is 22.6. The van der Waals surface area contributed by atoms with Gasteiger partial charge in [-0.05, 0) is 55.7 Å². The van der Waals surface area contributed by atoms with Crippen LogP contribution in [0.4, 0.5) is 0 Å². The maximum atomic E-state index is 9.67. The lowest BCUT2D eigenvalue weighted by Crippen LogP contribution is -2.26. The van der Waals surface area contributed by atoms with Gasteiger partial charge in [0.15, 0.2) is 11.5 Å². The van der Waals surface area contributed by atoms with E-state index >= 15 is 0 Å². The highest BCUT2D eigenvalue weighted by molar-refractivity contribution is 8.02. The fourth-order valence-corrected chi connectivity index (χ4v) is 4.19. The molecule has 4 nitrogen and oxygen atoms in total. The van der Waals surface area contributed by atoms with Gasteiger partial charge < -0.3 is 19.5 Å². The van der Waals surface area contributed by atoms with Crippen LogP contribution in [0.15, 0.2) is 29.8 Å². The average Bonchev–Trinajstić information content (AvgIpc) is 3.18. The second-order valence-corrected chi connectivity index (χ2v) is 7.24. The van der Waals surface area contributed by atoms with Gasteiger partial charge in [-0.3, -0.25) is 0 Å². The minimum absolute atomic E-state index is 0.182. The van der Waals surface area contributed by atoms with Crippen LogP contribution in [-0.2, 0) is 0 Å². The second-order valence-electron chi connectivity index (χ2n) is 6.25. The van der Waals surface area contributed by atoms with E-state index in [1.54, 1.807) is 18.9 Å². The molecular formula is C18H25NO3S. The van der Waals surface area contributed by atoms with Gasteiger partial charge in [-0.25, -0.2) is 0 Å². The van der Waals surface area contributed by atoms with E-state index in [0.717, 1.165) is 24.3 Å². The minimum atomic E-state index is -0.353. The number of aliphatic hydroxyl groups excluding tert-OH is 1. The van der Waals surface area contributed by atoms with Gasteiger partial charge in [0.25, 0.3) is 0 Å². The predicted molar refractivity (Wildman–Crippen MR) is 93.7 cm³/mol. The minimum Gasteiger partial charge on any atom is -0.493 e. The maximum Gasteiger partial charge on any atom is 0.161 e. The molecule has 23 heavy (non-hydrogen) atoms. The molecule has 2 aliphatic rings. The lowest BCUT2D eigenvalue weighted by molar-refractivity contribution is 0.148. The monoisotopic (exact) mass is 335 g/mol. The Balaban J connectivity index is 1.79. The summed E-state index contributed by atoms with van der Waals surface area (Å²) < 4.78 is 11.7. The summed E-state index contributed by atoms with van der Waals surface area (Å²) >= 11 is 1.75. The topological polar surface area (TPSA) is 41.9 Å². The smallest absolute Gasteiger partial charge is 0.161 e. The van der Waals surface area contributed by atoms with Crippen LogP contribution in [0.25, 0.3) is 0 Å². The fourth-order valence-electron chi connectivity index (χ4n) is 3.20. The number of nitrogens with zero attached hydrogens (tertiary/aromatic N) is 1. The number of thioether (sulfide) groups is 1. The summed E-state index contributed by atoms with van der Waals surface area (Å²) in [7, 11) is 1.68. The van der Waals surface area contributed by atoms with Gasteiger partial charge in [-0.2, -0.15) is 0 Å². The summed E-state index contributed by atoms with van der Waals surface area (Å²) in [5.74, 6) is 1.63. The second kappa shape index (κ2) is 7.49. The van der Waals surface area contributed by atoms with Gasteiger partial charge in [0.2, 0.25) is 0 Å². The highest BCUT2D eigenvalue weighted by atomic mass is 32.2. The molecule has 1 N–H and O–H groups in total. The summed E-state index contributed by atoms with van der Waals surface area (Å²) in [5, 5.41) is 11.9. The van der Waals surface area contributed by atoms with E-state index < -0.39 is 0 Å². The van der Waals surface area contributed by atoms with E-state index in [2.05, 4.69) is 22.4 Å². The van der Waals surface area contributed by atoms with E-state index in [0.29, 0.717) is 12.6 Å². The zero-order valence-corrected chi connectivity index (χ0v) is 14.6. The van der Waals surface area contributed by atoms with E-state index in [4.69, 9.17) is 9.47 Å². The third-order valence-corrected chi connectivity index (χ3v) is 5.38. The van der Waals surface area contributed by atoms with E-state index in [9.17, 15) is 5.11 Å². The van der Waals surface area contributed by atoms with Crippen molar-refractivity contribution in [3.05, 3.63) is 35.4 Å². The van der Waals surface area contributed by atoms with Crippen molar-refractivity contribution in [1.29, 1.82) is 0 Å². The van der Waals surface area contributed by atoms with E-state index in [1.807, 2.05) is 19.2 Å². The summed E-state index contributed by atoms with van der Waals surface area (Å²) in [5.41, 5.74) is 1.18.